The Kier molecular flexibility index (Phi) is 5.59. The monoisotopic (exact) mass is 476 g/mol. The molecule has 1 heterocycles. The molecule has 1 aliphatic heterocycles. The van der Waals surface area contributed by atoms with Crippen LogP contribution in [0.15, 0.2) is 0 Å². The average Bonchev–Trinajstić information content (AvgIpc) is 3.07. The highest BCUT2D eigenvalue weighted by Gasteiger charge is 2.73. The van der Waals surface area contributed by atoms with Gasteiger partial charge in [-0.25, -0.2) is 0 Å². The first kappa shape index (κ1) is 25.5. The molecule has 34 heavy (non-hydrogen) atoms. The van der Waals surface area contributed by atoms with Gasteiger partial charge in [-0.05, 0) is 124 Å². The van der Waals surface area contributed by atoms with E-state index in [1.807, 2.05) is 0 Å². The summed E-state index contributed by atoms with van der Waals surface area (Å²) in [5.41, 5.74) is -0.739. The van der Waals surface area contributed by atoms with Crippen LogP contribution in [0.5, 0.6) is 0 Å². The fourth-order valence-electron chi connectivity index (χ4n) is 11.5. The van der Waals surface area contributed by atoms with E-state index in [4.69, 9.17) is 4.74 Å². The van der Waals surface area contributed by atoms with E-state index >= 15 is 0 Å². The lowest BCUT2D eigenvalue weighted by molar-refractivity contribution is -0.279. The Morgan fingerprint density at radius 1 is 0.735 bits per heavy atom. The zero-order chi connectivity index (χ0) is 25.1. The third kappa shape index (κ3) is 3.16. The number of hydrogen-bond donors (Lipinski definition) is 3. The summed E-state index contributed by atoms with van der Waals surface area (Å²) >= 11 is 0. The molecule has 0 aromatic carbocycles. The Labute approximate surface area is 208 Å². The van der Waals surface area contributed by atoms with Crippen molar-refractivity contribution in [2.45, 2.75) is 143 Å². The molecule has 11 atom stereocenters. The topological polar surface area (TPSA) is 69.9 Å². The lowest BCUT2D eigenvalue weighted by atomic mass is 9.34. The molecule has 0 radical (unpaired) electrons. The minimum absolute atomic E-state index is 0.0247. The molecule has 0 aromatic heterocycles. The van der Waals surface area contributed by atoms with Gasteiger partial charge in [-0.1, -0.05) is 34.6 Å². The number of rotatable bonds is 1. The van der Waals surface area contributed by atoms with E-state index < -0.39 is 6.10 Å². The highest BCUT2D eigenvalue weighted by molar-refractivity contribution is 5.21. The summed E-state index contributed by atoms with van der Waals surface area (Å²) in [6.45, 7) is 18.4. The lowest BCUT2D eigenvalue weighted by Gasteiger charge is -2.71. The normalized spacial score (nSPS) is 58.5. The van der Waals surface area contributed by atoms with Gasteiger partial charge in [0.05, 0.1) is 29.5 Å². The van der Waals surface area contributed by atoms with Crippen LogP contribution >= 0.6 is 0 Å². The standard InChI is InChI=1S/C30H52O4/c1-25(2)12-9-13-30(8,34-25)18-10-15-28(6)23(18)19(31)16-21-27(5)14-11-22(33)26(3,4)24(27)20(32)17-29(21,28)7/h18-24,31-33H,9-17H2,1-8H3/t18?,19-,20-,21+,22+,23-,24-,27-,28-,29+,30+/m1/s1. The SMILES string of the molecule is CC1(C)CCC[C@@](C)(C2CC[C@]3(C)[C@H]2[C@H](O)C[C@H]2[C@@]4(C)CC[C@H](O)C(C)(C)[C@H]4[C@H](O)C[C@@]23C)O1. The van der Waals surface area contributed by atoms with Crippen molar-refractivity contribution < 1.29 is 20.1 Å². The van der Waals surface area contributed by atoms with Gasteiger partial charge in [0.2, 0.25) is 0 Å². The van der Waals surface area contributed by atoms with Crippen molar-refractivity contribution >= 4 is 0 Å². The number of aliphatic hydroxyl groups excluding tert-OH is 3. The van der Waals surface area contributed by atoms with Crippen LogP contribution in [-0.2, 0) is 4.74 Å². The third-order valence-electron chi connectivity index (χ3n) is 13.0. The number of ether oxygens (including phenoxy) is 1. The van der Waals surface area contributed by atoms with Crippen LogP contribution in [0, 0.1) is 45.3 Å². The van der Waals surface area contributed by atoms with Crippen LogP contribution in [0.1, 0.15) is 113 Å². The largest absolute Gasteiger partial charge is 0.393 e. The zero-order valence-corrected chi connectivity index (χ0v) is 23.2. The van der Waals surface area contributed by atoms with Crippen LogP contribution in [0.25, 0.3) is 0 Å². The lowest BCUT2D eigenvalue weighted by Crippen LogP contribution is -2.70. The Bertz CT molecular complexity index is 823. The van der Waals surface area contributed by atoms with Crippen molar-refractivity contribution in [3.05, 3.63) is 0 Å². The summed E-state index contributed by atoms with van der Waals surface area (Å²) in [6.07, 6.45) is 7.79. The molecule has 0 spiro atoms. The summed E-state index contributed by atoms with van der Waals surface area (Å²) in [4.78, 5) is 0. The average molecular weight is 477 g/mol. The fourth-order valence-corrected chi connectivity index (χ4v) is 11.5. The van der Waals surface area contributed by atoms with Crippen molar-refractivity contribution in [2.24, 2.45) is 45.3 Å². The van der Waals surface area contributed by atoms with E-state index in [1.165, 1.54) is 6.42 Å². The van der Waals surface area contributed by atoms with Gasteiger partial charge >= 0.3 is 0 Å². The third-order valence-corrected chi connectivity index (χ3v) is 13.0. The Morgan fingerprint density at radius 2 is 1.41 bits per heavy atom. The van der Waals surface area contributed by atoms with E-state index in [1.54, 1.807) is 0 Å². The highest BCUT2D eigenvalue weighted by atomic mass is 16.5. The molecular formula is C30H52O4. The van der Waals surface area contributed by atoms with E-state index in [-0.39, 0.29) is 56.9 Å². The second-order valence-electron chi connectivity index (χ2n) is 15.5. The summed E-state index contributed by atoms with van der Waals surface area (Å²) < 4.78 is 6.83. The molecule has 5 rings (SSSR count). The molecule has 4 heteroatoms. The van der Waals surface area contributed by atoms with Crippen molar-refractivity contribution in [2.75, 3.05) is 0 Å². The van der Waals surface area contributed by atoms with Gasteiger partial charge in [-0.15, -0.1) is 0 Å². The van der Waals surface area contributed by atoms with Gasteiger partial charge in [0.25, 0.3) is 0 Å². The fraction of sp³-hybridized carbons (Fsp3) is 1.00. The van der Waals surface area contributed by atoms with Gasteiger partial charge < -0.3 is 20.1 Å². The van der Waals surface area contributed by atoms with E-state index in [2.05, 4.69) is 55.4 Å². The van der Waals surface area contributed by atoms with E-state index in [9.17, 15) is 15.3 Å². The summed E-state index contributed by atoms with van der Waals surface area (Å²) in [5.74, 6) is 0.984. The molecule has 4 nitrogen and oxygen atoms in total. The molecule has 0 amide bonds. The second kappa shape index (κ2) is 7.45. The molecule has 0 bridgehead atoms. The quantitative estimate of drug-likeness (QED) is 0.453. The maximum atomic E-state index is 11.9. The molecule has 196 valence electrons. The maximum Gasteiger partial charge on any atom is 0.0693 e. The molecule has 5 aliphatic rings. The molecule has 1 saturated heterocycles. The minimum Gasteiger partial charge on any atom is -0.393 e. The van der Waals surface area contributed by atoms with E-state index in [0.29, 0.717) is 11.8 Å². The van der Waals surface area contributed by atoms with Crippen LogP contribution in [0.2, 0.25) is 0 Å². The van der Waals surface area contributed by atoms with E-state index in [0.717, 1.165) is 51.4 Å². The molecule has 5 fully saturated rings. The zero-order valence-electron chi connectivity index (χ0n) is 23.2. The first-order chi connectivity index (χ1) is 15.5. The summed E-state index contributed by atoms with van der Waals surface area (Å²) in [6, 6.07) is 0. The highest BCUT2D eigenvalue weighted by Crippen LogP contribution is 2.76. The molecule has 1 unspecified atom stereocenters. The maximum absolute atomic E-state index is 11.9. The van der Waals surface area contributed by atoms with Gasteiger partial charge in [-0.3, -0.25) is 0 Å². The molecule has 0 aromatic rings. The van der Waals surface area contributed by atoms with Crippen LogP contribution < -0.4 is 0 Å². The van der Waals surface area contributed by atoms with Crippen molar-refractivity contribution in [3.8, 4) is 0 Å². The van der Waals surface area contributed by atoms with Gasteiger partial charge in [0, 0.05) is 0 Å². The van der Waals surface area contributed by atoms with Crippen LogP contribution in [0.4, 0.5) is 0 Å². The predicted molar refractivity (Wildman–Crippen MR) is 135 cm³/mol. The molecule has 4 saturated carbocycles. The molecule has 3 N–H and O–H groups in total. The first-order valence-corrected chi connectivity index (χ1v) is 14.3. The second-order valence-corrected chi connectivity index (χ2v) is 15.5. The molecule has 4 aliphatic carbocycles. The Morgan fingerprint density at radius 3 is 2.06 bits per heavy atom. The van der Waals surface area contributed by atoms with Crippen molar-refractivity contribution in [1.82, 2.24) is 0 Å². The number of hydrogen-bond acceptors (Lipinski definition) is 4. The first-order valence-electron chi connectivity index (χ1n) is 14.3. The van der Waals surface area contributed by atoms with Crippen LogP contribution in [0.3, 0.4) is 0 Å². The Hall–Kier alpha value is -0.160. The number of fused-ring (bicyclic) bond motifs is 5. The minimum atomic E-state index is -0.414. The van der Waals surface area contributed by atoms with Crippen molar-refractivity contribution in [1.29, 1.82) is 0 Å². The molecular weight excluding hydrogens is 424 g/mol. The van der Waals surface area contributed by atoms with Crippen molar-refractivity contribution in [3.63, 3.8) is 0 Å². The smallest absolute Gasteiger partial charge is 0.0693 e. The predicted octanol–water partition coefficient (Wildman–Crippen LogP) is 5.71. The van der Waals surface area contributed by atoms with Crippen LogP contribution in [-0.4, -0.2) is 44.8 Å². The van der Waals surface area contributed by atoms with Gasteiger partial charge in [0.15, 0.2) is 0 Å². The number of aliphatic hydroxyl groups is 3. The summed E-state index contributed by atoms with van der Waals surface area (Å²) in [7, 11) is 0. The van der Waals surface area contributed by atoms with Gasteiger partial charge in [0.1, 0.15) is 0 Å². The van der Waals surface area contributed by atoms with Gasteiger partial charge in [-0.2, -0.15) is 0 Å². The summed E-state index contributed by atoms with van der Waals surface area (Å²) in [5, 5.41) is 34.6. The Balaban J connectivity index is 1.54.